The number of methoxy groups -OCH3 is 1. The predicted octanol–water partition coefficient (Wildman–Crippen LogP) is -0.942. The van der Waals surface area contributed by atoms with Crippen LogP contribution in [0.3, 0.4) is 0 Å². The van der Waals surface area contributed by atoms with Gasteiger partial charge in [-0.2, -0.15) is 0 Å². The number of amides is 1. The molecule has 0 aromatic carbocycles. The van der Waals surface area contributed by atoms with E-state index in [-0.39, 0.29) is 18.1 Å². The SMILES string of the molecule is CNCC1CN(CC(=O)NC(C)COC)CCO1. The van der Waals surface area contributed by atoms with Crippen LogP contribution in [-0.4, -0.2) is 76.5 Å². The van der Waals surface area contributed by atoms with Crippen molar-refractivity contribution in [2.45, 2.75) is 19.1 Å². The molecule has 0 aromatic heterocycles. The van der Waals surface area contributed by atoms with Crippen molar-refractivity contribution in [2.24, 2.45) is 0 Å². The number of ether oxygens (including phenoxy) is 2. The molecule has 0 aromatic rings. The molecule has 6 nitrogen and oxygen atoms in total. The maximum absolute atomic E-state index is 11.8. The standard InChI is InChI=1S/C12H25N3O3/c1-10(9-17-3)14-12(16)8-15-4-5-18-11(7-15)6-13-2/h10-11,13H,4-9H2,1-3H3,(H,14,16). The summed E-state index contributed by atoms with van der Waals surface area (Å²) in [7, 11) is 3.54. The average molecular weight is 259 g/mol. The Balaban J connectivity index is 2.26. The van der Waals surface area contributed by atoms with Crippen molar-refractivity contribution >= 4 is 5.91 Å². The van der Waals surface area contributed by atoms with Crippen molar-refractivity contribution in [1.82, 2.24) is 15.5 Å². The van der Waals surface area contributed by atoms with E-state index < -0.39 is 0 Å². The van der Waals surface area contributed by atoms with E-state index in [0.717, 1.165) is 19.6 Å². The summed E-state index contributed by atoms with van der Waals surface area (Å²) < 4.78 is 10.6. The van der Waals surface area contributed by atoms with Crippen LogP contribution < -0.4 is 10.6 Å². The maximum atomic E-state index is 11.8. The van der Waals surface area contributed by atoms with Gasteiger partial charge in [0.1, 0.15) is 0 Å². The van der Waals surface area contributed by atoms with E-state index in [0.29, 0.717) is 19.8 Å². The summed E-state index contributed by atoms with van der Waals surface area (Å²) in [6.07, 6.45) is 0.174. The van der Waals surface area contributed by atoms with Crippen molar-refractivity contribution < 1.29 is 14.3 Å². The minimum absolute atomic E-state index is 0.0460. The molecule has 2 atom stereocenters. The lowest BCUT2D eigenvalue weighted by atomic mass is 10.2. The first-order valence-corrected chi connectivity index (χ1v) is 6.42. The zero-order chi connectivity index (χ0) is 13.4. The lowest BCUT2D eigenvalue weighted by Crippen LogP contribution is -2.50. The van der Waals surface area contributed by atoms with Gasteiger partial charge in [-0.1, -0.05) is 0 Å². The molecule has 0 saturated carbocycles. The highest BCUT2D eigenvalue weighted by Gasteiger charge is 2.21. The monoisotopic (exact) mass is 259 g/mol. The first kappa shape index (κ1) is 15.4. The van der Waals surface area contributed by atoms with Crippen molar-refractivity contribution in [1.29, 1.82) is 0 Å². The lowest BCUT2D eigenvalue weighted by molar-refractivity contribution is -0.125. The third-order valence-corrected chi connectivity index (χ3v) is 2.85. The number of morpholine rings is 1. The highest BCUT2D eigenvalue weighted by Crippen LogP contribution is 2.03. The summed E-state index contributed by atoms with van der Waals surface area (Å²) in [4.78, 5) is 13.9. The molecular formula is C12H25N3O3. The molecule has 0 spiro atoms. The fourth-order valence-electron chi connectivity index (χ4n) is 2.09. The molecule has 106 valence electrons. The van der Waals surface area contributed by atoms with Crippen molar-refractivity contribution in [3.63, 3.8) is 0 Å². The van der Waals surface area contributed by atoms with Crippen LogP contribution in [0.25, 0.3) is 0 Å². The topological polar surface area (TPSA) is 62.8 Å². The molecule has 18 heavy (non-hydrogen) atoms. The molecule has 0 aliphatic carbocycles. The second kappa shape index (κ2) is 8.42. The van der Waals surface area contributed by atoms with Crippen LogP contribution in [0.1, 0.15) is 6.92 Å². The zero-order valence-electron chi connectivity index (χ0n) is 11.6. The Hall–Kier alpha value is -0.690. The largest absolute Gasteiger partial charge is 0.383 e. The summed E-state index contributed by atoms with van der Waals surface area (Å²) in [5.41, 5.74) is 0. The second-order valence-corrected chi connectivity index (χ2v) is 4.71. The Labute approximate surface area is 109 Å². The Morgan fingerprint density at radius 1 is 1.61 bits per heavy atom. The third-order valence-electron chi connectivity index (χ3n) is 2.85. The van der Waals surface area contributed by atoms with Gasteiger partial charge in [0.15, 0.2) is 0 Å². The van der Waals surface area contributed by atoms with E-state index in [9.17, 15) is 4.79 Å². The van der Waals surface area contributed by atoms with Crippen molar-refractivity contribution in [3.8, 4) is 0 Å². The number of carbonyl (C=O) groups excluding carboxylic acids is 1. The van der Waals surface area contributed by atoms with Gasteiger partial charge in [-0.05, 0) is 14.0 Å². The van der Waals surface area contributed by atoms with Crippen molar-refractivity contribution in [2.75, 3.05) is 53.6 Å². The zero-order valence-corrected chi connectivity index (χ0v) is 11.6. The molecule has 1 aliphatic heterocycles. The Bertz CT molecular complexity index is 249. The molecule has 0 bridgehead atoms. The number of likely N-dealkylation sites (N-methyl/N-ethyl adjacent to an activating group) is 1. The molecule has 1 saturated heterocycles. The Kier molecular flexibility index (Phi) is 7.19. The van der Waals surface area contributed by atoms with Gasteiger partial charge in [-0.25, -0.2) is 0 Å². The second-order valence-electron chi connectivity index (χ2n) is 4.71. The summed E-state index contributed by atoms with van der Waals surface area (Å²) >= 11 is 0. The quantitative estimate of drug-likeness (QED) is 0.618. The molecule has 1 rings (SSSR count). The van der Waals surface area contributed by atoms with Crippen LogP contribution in [-0.2, 0) is 14.3 Å². The molecule has 0 radical (unpaired) electrons. The molecule has 1 amide bonds. The third kappa shape index (κ3) is 5.77. The highest BCUT2D eigenvalue weighted by atomic mass is 16.5. The lowest BCUT2D eigenvalue weighted by Gasteiger charge is -2.32. The molecular weight excluding hydrogens is 234 g/mol. The number of carbonyl (C=O) groups is 1. The Morgan fingerprint density at radius 2 is 2.39 bits per heavy atom. The van der Waals surface area contributed by atoms with Gasteiger partial charge >= 0.3 is 0 Å². The van der Waals surface area contributed by atoms with Crippen LogP contribution in [0.4, 0.5) is 0 Å². The van der Waals surface area contributed by atoms with E-state index in [4.69, 9.17) is 9.47 Å². The van der Waals surface area contributed by atoms with Crippen LogP contribution in [0.2, 0.25) is 0 Å². The molecule has 1 heterocycles. The first-order chi connectivity index (χ1) is 8.65. The van der Waals surface area contributed by atoms with E-state index in [2.05, 4.69) is 15.5 Å². The minimum atomic E-state index is 0.0460. The van der Waals surface area contributed by atoms with Gasteiger partial charge in [-0.3, -0.25) is 9.69 Å². The number of hydrogen-bond acceptors (Lipinski definition) is 5. The van der Waals surface area contributed by atoms with E-state index >= 15 is 0 Å². The normalized spacial score (nSPS) is 22.7. The van der Waals surface area contributed by atoms with E-state index in [1.807, 2.05) is 14.0 Å². The summed E-state index contributed by atoms with van der Waals surface area (Å²) in [6.45, 7) is 6.02. The summed E-state index contributed by atoms with van der Waals surface area (Å²) in [5, 5.41) is 6.00. The van der Waals surface area contributed by atoms with Crippen molar-refractivity contribution in [3.05, 3.63) is 0 Å². The predicted molar refractivity (Wildman–Crippen MR) is 69.6 cm³/mol. The number of rotatable bonds is 7. The Morgan fingerprint density at radius 3 is 3.06 bits per heavy atom. The number of nitrogens with zero attached hydrogens (tertiary/aromatic N) is 1. The van der Waals surface area contributed by atoms with Crippen LogP contribution in [0.5, 0.6) is 0 Å². The van der Waals surface area contributed by atoms with Gasteiger partial charge in [0.2, 0.25) is 5.91 Å². The number of nitrogens with one attached hydrogen (secondary N) is 2. The van der Waals surface area contributed by atoms with Gasteiger partial charge in [0, 0.05) is 32.8 Å². The van der Waals surface area contributed by atoms with Gasteiger partial charge in [0.25, 0.3) is 0 Å². The fourth-order valence-corrected chi connectivity index (χ4v) is 2.09. The van der Waals surface area contributed by atoms with E-state index in [1.165, 1.54) is 0 Å². The van der Waals surface area contributed by atoms with Gasteiger partial charge in [-0.15, -0.1) is 0 Å². The highest BCUT2D eigenvalue weighted by molar-refractivity contribution is 5.78. The first-order valence-electron chi connectivity index (χ1n) is 6.42. The molecule has 6 heteroatoms. The number of hydrogen-bond donors (Lipinski definition) is 2. The summed E-state index contributed by atoms with van der Waals surface area (Å²) in [5.74, 6) is 0.0460. The average Bonchev–Trinajstić information content (AvgIpc) is 2.29. The minimum Gasteiger partial charge on any atom is -0.383 e. The van der Waals surface area contributed by atoms with Crippen LogP contribution >= 0.6 is 0 Å². The summed E-state index contributed by atoms with van der Waals surface area (Å²) in [6, 6.07) is 0.0524. The molecule has 1 aliphatic rings. The van der Waals surface area contributed by atoms with Crippen LogP contribution in [0, 0.1) is 0 Å². The van der Waals surface area contributed by atoms with Gasteiger partial charge < -0.3 is 20.1 Å². The van der Waals surface area contributed by atoms with Gasteiger partial charge in [0.05, 0.1) is 25.9 Å². The smallest absolute Gasteiger partial charge is 0.234 e. The fraction of sp³-hybridized carbons (Fsp3) is 0.917. The van der Waals surface area contributed by atoms with Crippen LogP contribution in [0.15, 0.2) is 0 Å². The van der Waals surface area contributed by atoms with E-state index in [1.54, 1.807) is 7.11 Å². The molecule has 2 unspecified atom stereocenters. The molecule has 2 N–H and O–H groups in total. The maximum Gasteiger partial charge on any atom is 0.234 e. The molecule has 1 fully saturated rings.